The summed E-state index contributed by atoms with van der Waals surface area (Å²) in [5.74, 6) is 1.10. The lowest BCUT2D eigenvalue weighted by Crippen LogP contribution is -2.46. The first-order valence-electron chi connectivity index (χ1n) is 9.02. The lowest BCUT2D eigenvalue weighted by molar-refractivity contribution is -0.138. The van der Waals surface area contributed by atoms with E-state index in [9.17, 15) is 4.79 Å². The van der Waals surface area contributed by atoms with E-state index in [-0.39, 0.29) is 12.0 Å². The molecule has 26 heavy (non-hydrogen) atoms. The van der Waals surface area contributed by atoms with Gasteiger partial charge in [-0.2, -0.15) is 0 Å². The molecule has 1 amide bonds. The molecule has 1 fully saturated rings. The number of aromatic nitrogens is 2. The number of hydrogen-bond donors (Lipinski definition) is 0. The molecule has 1 atom stereocenters. The van der Waals surface area contributed by atoms with Gasteiger partial charge in [0, 0.05) is 45.8 Å². The van der Waals surface area contributed by atoms with Gasteiger partial charge in [-0.05, 0) is 42.2 Å². The van der Waals surface area contributed by atoms with Crippen molar-refractivity contribution < 1.29 is 9.53 Å². The van der Waals surface area contributed by atoms with E-state index in [1.165, 1.54) is 5.56 Å². The average Bonchev–Trinajstić information content (AvgIpc) is 2.67. The standard InChI is InChI=1S/C20H26N4O2/c1-23(2)19-12-16(7-9-22-19)5-6-18-15-24(10-11-26-18)20(25)13-17-4-3-8-21-14-17/h3-4,7-9,12,14,18H,5-6,10-11,13,15H2,1-2H3/t18-/m1/s1. The van der Waals surface area contributed by atoms with Crippen molar-refractivity contribution in [1.29, 1.82) is 0 Å². The molecule has 2 aromatic heterocycles. The lowest BCUT2D eigenvalue weighted by Gasteiger charge is -2.33. The zero-order valence-electron chi connectivity index (χ0n) is 15.5. The molecule has 2 aromatic rings. The smallest absolute Gasteiger partial charge is 0.227 e. The van der Waals surface area contributed by atoms with Gasteiger partial charge in [-0.1, -0.05) is 6.07 Å². The second-order valence-electron chi connectivity index (χ2n) is 6.83. The van der Waals surface area contributed by atoms with Gasteiger partial charge >= 0.3 is 0 Å². The number of pyridine rings is 2. The normalized spacial score (nSPS) is 17.2. The third-order valence-corrected chi connectivity index (χ3v) is 4.59. The largest absolute Gasteiger partial charge is 0.375 e. The van der Waals surface area contributed by atoms with Gasteiger partial charge in [0.25, 0.3) is 0 Å². The number of aryl methyl sites for hydroxylation is 1. The summed E-state index contributed by atoms with van der Waals surface area (Å²) in [5, 5.41) is 0. The van der Waals surface area contributed by atoms with Crippen LogP contribution in [0.15, 0.2) is 42.9 Å². The van der Waals surface area contributed by atoms with E-state index >= 15 is 0 Å². The van der Waals surface area contributed by atoms with Crippen molar-refractivity contribution in [3.8, 4) is 0 Å². The van der Waals surface area contributed by atoms with E-state index in [1.54, 1.807) is 12.4 Å². The maximum atomic E-state index is 12.5. The Morgan fingerprint density at radius 3 is 2.96 bits per heavy atom. The Bertz CT molecular complexity index is 721. The average molecular weight is 354 g/mol. The van der Waals surface area contributed by atoms with Crippen molar-refractivity contribution in [3.63, 3.8) is 0 Å². The molecule has 138 valence electrons. The number of rotatable bonds is 6. The fraction of sp³-hybridized carbons (Fsp3) is 0.450. The summed E-state index contributed by atoms with van der Waals surface area (Å²) in [7, 11) is 3.98. The molecule has 0 radical (unpaired) electrons. The van der Waals surface area contributed by atoms with Crippen LogP contribution in [0.3, 0.4) is 0 Å². The van der Waals surface area contributed by atoms with Gasteiger partial charge in [-0.15, -0.1) is 0 Å². The van der Waals surface area contributed by atoms with Gasteiger partial charge in [0.1, 0.15) is 5.82 Å². The van der Waals surface area contributed by atoms with E-state index in [2.05, 4.69) is 16.0 Å². The van der Waals surface area contributed by atoms with Crippen molar-refractivity contribution in [2.45, 2.75) is 25.4 Å². The number of nitrogens with zero attached hydrogens (tertiary/aromatic N) is 4. The second-order valence-corrected chi connectivity index (χ2v) is 6.83. The summed E-state index contributed by atoms with van der Waals surface area (Å²) < 4.78 is 5.88. The monoisotopic (exact) mass is 354 g/mol. The number of carbonyl (C=O) groups is 1. The molecule has 3 heterocycles. The summed E-state index contributed by atoms with van der Waals surface area (Å²) >= 11 is 0. The molecular weight excluding hydrogens is 328 g/mol. The number of anilines is 1. The zero-order chi connectivity index (χ0) is 18.4. The zero-order valence-corrected chi connectivity index (χ0v) is 15.5. The molecule has 0 aromatic carbocycles. The summed E-state index contributed by atoms with van der Waals surface area (Å²) in [6.45, 7) is 1.92. The van der Waals surface area contributed by atoms with Crippen molar-refractivity contribution in [2.24, 2.45) is 0 Å². The van der Waals surface area contributed by atoms with Crippen LogP contribution in [-0.4, -0.2) is 60.7 Å². The first kappa shape index (κ1) is 18.3. The van der Waals surface area contributed by atoms with E-state index in [0.29, 0.717) is 26.1 Å². The molecule has 0 aliphatic carbocycles. The van der Waals surface area contributed by atoms with Crippen molar-refractivity contribution in [1.82, 2.24) is 14.9 Å². The predicted octanol–water partition coefficient (Wildman–Crippen LogP) is 1.95. The minimum Gasteiger partial charge on any atom is -0.375 e. The fourth-order valence-corrected chi connectivity index (χ4v) is 3.10. The van der Waals surface area contributed by atoms with Crippen LogP contribution >= 0.6 is 0 Å². The number of amides is 1. The predicted molar refractivity (Wildman–Crippen MR) is 101 cm³/mol. The molecular formula is C20H26N4O2. The molecule has 0 saturated carbocycles. The van der Waals surface area contributed by atoms with E-state index in [1.807, 2.05) is 48.3 Å². The maximum Gasteiger partial charge on any atom is 0.227 e. The van der Waals surface area contributed by atoms with Crippen molar-refractivity contribution >= 4 is 11.7 Å². The maximum absolute atomic E-state index is 12.5. The highest BCUT2D eigenvalue weighted by Gasteiger charge is 2.24. The molecule has 6 heteroatoms. The van der Waals surface area contributed by atoms with E-state index in [4.69, 9.17) is 4.74 Å². The van der Waals surface area contributed by atoms with Crippen molar-refractivity contribution in [3.05, 3.63) is 54.0 Å². The highest BCUT2D eigenvalue weighted by molar-refractivity contribution is 5.78. The molecule has 0 unspecified atom stereocenters. The van der Waals surface area contributed by atoms with Gasteiger partial charge < -0.3 is 14.5 Å². The van der Waals surface area contributed by atoms with E-state index in [0.717, 1.165) is 24.2 Å². The van der Waals surface area contributed by atoms with E-state index < -0.39 is 0 Å². The van der Waals surface area contributed by atoms with Crippen LogP contribution in [0.2, 0.25) is 0 Å². The molecule has 1 aliphatic rings. The number of carbonyl (C=O) groups excluding carboxylic acids is 1. The second kappa shape index (κ2) is 8.76. The summed E-state index contributed by atoms with van der Waals surface area (Å²) in [6.07, 6.45) is 7.61. The summed E-state index contributed by atoms with van der Waals surface area (Å²) in [4.78, 5) is 24.9. The lowest BCUT2D eigenvalue weighted by atomic mass is 10.1. The van der Waals surface area contributed by atoms with Crippen LogP contribution in [0.25, 0.3) is 0 Å². The summed E-state index contributed by atoms with van der Waals surface area (Å²) in [6, 6.07) is 7.95. The quantitative estimate of drug-likeness (QED) is 0.793. The molecule has 1 saturated heterocycles. The van der Waals surface area contributed by atoms with Gasteiger partial charge in [0.05, 0.1) is 19.1 Å². The number of hydrogen-bond acceptors (Lipinski definition) is 5. The first-order valence-corrected chi connectivity index (χ1v) is 9.02. The first-order chi connectivity index (χ1) is 12.6. The Labute approximate surface area is 154 Å². The topological polar surface area (TPSA) is 58.6 Å². The minimum absolute atomic E-state index is 0.0811. The van der Waals surface area contributed by atoms with Gasteiger partial charge in [-0.25, -0.2) is 4.98 Å². The third-order valence-electron chi connectivity index (χ3n) is 4.59. The number of morpholine rings is 1. The van der Waals surface area contributed by atoms with Crippen LogP contribution in [0.4, 0.5) is 5.82 Å². The molecule has 6 nitrogen and oxygen atoms in total. The van der Waals surface area contributed by atoms with Gasteiger partial charge in [-0.3, -0.25) is 9.78 Å². The molecule has 0 spiro atoms. The van der Waals surface area contributed by atoms with Crippen LogP contribution in [0.1, 0.15) is 17.5 Å². The highest BCUT2D eigenvalue weighted by atomic mass is 16.5. The third kappa shape index (κ3) is 5.02. The van der Waals surface area contributed by atoms with Gasteiger partial charge in [0.15, 0.2) is 0 Å². The van der Waals surface area contributed by atoms with Crippen LogP contribution in [0.5, 0.6) is 0 Å². The molecule has 0 N–H and O–H groups in total. The molecule has 0 bridgehead atoms. The highest BCUT2D eigenvalue weighted by Crippen LogP contribution is 2.16. The summed E-state index contributed by atoms with van der Waals surface area (Å²) in [5.41, 5.74) is 2.19. The Morgan fingerprint density at radius 1 is 1.31 bits per heavy atom. The minimum atomic E-state index is 0.0811. The van der Waals surface area contributed by atoms with Crippen LogP contribution in [-0.2, 0) is 22.4 Å². The number of ether oxygens (including phenoxy) is 1. The van der Waals surface area contributed by atoms with Crippen LogP contribution < -0.4 is 4.90 Å². The Balaban J connectivity index is 1.52. The Hall–Kier alpha value is -2.47. The van der Waals surface area contributed by atoms with Crippen molar-refractivity contribution in [2.75, 3.05) is 38.7 Å². The Morgan fingerprint density at radius 2 is 2.19 bits per heavy atom. The fourth-order valence-electron chi connectivity index (χ4n) is 3.10. The SMILES string of the molecule is CN(C)c1cc(CC[C@@H]2CN(C(=O)Cc3cccnc3)CCO2)ccn1. The molecule has 3 rings (SSSR count). The molecule has 1 aliphatic heterocycles. The van der Waals surface area contributed by atoms with Gasteiger partial charge in [0.2, 0.25) is 5.91 Å². The van der Waals surface area contributed by atoms with Crippen LogP contribution in [0, 0.1) is 0 Å². The Kier molecular flexibility index (Phi) is 6.17.